The number of amides is 1. The number of aliphatic imine (C=N–C) groups is 1. The molecule has 2 aliphatic heterocycles. The third kappa shape index (κ3) is 7.68. The summed E-state index contributed by atoms with van der Waals surface area (Å²) in [4.78, 5) is 20.8. The Morgan fingerprint density at radius 1 is 1.20 bits per heavy atom. The molecule has 7 heteroatoms. The molecule has 0 spiro atoms. The zero-order valence-electron chi connectivity index (χ0n) is 16.1. The first-order valence-corrected chi connectivity index (χ1v) is 9.51. The summed E-state index contributed by atoms with van der Waals surface area (Å²) in [5.74, 6) is 2.51. The molecular formula is C18H36IN5O. The second-order valence-electron chi connectivity index (χ2n) is 7.33. The molecule has 2 fully saturated rings. The molecule has 146 valence electrons. The third-order valence-corrected chi connectivity index (χ3v) is 5.33. The monoisotopic (exact) mass is 465 g/mol. The molecule has 2 aliphatic rings. The van der Waals surface area contributed by atoms with Gasteiger partial charge in [0.1, 0.15) is 0 Å². The predicted octanol–water partition coefficient (Wildman–Crippen LogP) is 1.76. The van der Waals surface area contributed by atoms with Crippen LogP contribution in [0.1, 0.15) is 39.0 Å². The van der Waals surface area contributed by atoms with E-state index in [1.807, 2.05) is 7.05 Å². The first-order chi connectivity index (χ1) is 11.6. The van der Waals surface area contributed by atoms with Crippen molar-refractivity contribution in [2.24, 2.45) is 16.8 Å². The number of halogens is 1. The molecule has 1 unspecified atom stereocenters. The van der Waals surface area contributed by atoms with E-state index >= 15 is 0 Å². The van der Waals surface area contributed by atoms with E-state index in [0.717, 1.165) is 50.9 Å². The SMILES string of the molecule is CN=C(NCCN1CCCC(C)C1)N1CCC(CC(=O)NC)CC1.I. The highest BCUT2D eigenvalue weighted by Gasteiger charge is 2.23. The topological polar surface area (TPSA) is 60.0 Å². The zero-order valence-corrected chi connectivity index (χ0v) is 18.4. The molecular weight excluding hydrogens is 429 g/mol. The molecule has 1 amide bonds. The van der Waals surface area contributed by atoms with Crippen LogP contribution in [-0.2, 0) is 4.79 Å². The van der Waals surface area contributed by atoms with Crippen LogP contribution in [-0.4, -0.2) is 75.0 Å². The van der Waals surface area contributed by atoms with Crippen molar-refractivity contribution in [3.8, 4) is 0 Å². The quantitative estimate of drug-likeness (QED) is 0.369. The smallest absolute Gasteiger partial charge is 0.220 e. The molecule has 0 aliphatic carbocycles. The molecule has 0 aromatic heterocycles. The highest BCUT2D eigenvalue weighted by molar-refractivity contribution is 14.0. The molecule has 6 nitrogen and oxygen atoms in total. The summed E-state index contributed by atoms with van der Waals surface area (Å²) < 4.78 is 0. The maximum Gasteiger partial charge on any atom is 0.220 e. The Kier molecular flexibility index (Phi) is 10.7. The van der Waals surface area contributed by atoms with Crippen LogP contribution in [0.5, 0.6) is 0 Å². The molecule has 2 heterocycles. The van der Waals surface area contributed by atoms with Gasteiger partial charge in [-0.25, -0.2) is 0 Å². The molecule has 0 bridgehead atoms. The van der Waals surface area contributed by atoms with E-state index in [-0.39, 0.29) is 29.9 Å². The van der Waals surface area contributed by atoms with Crippen molar-refractivity contribution < 1.29 is 4.79 Å². The minimum atomic E-state index is 0. The van der Waals surface area contributed by atoms with E-state index in [0.29, 0.717) is 12.3 Å². The van der Waals surface area contributed by atoms with Crippen molar-refractivity contribution in [2.75, 3.05) is 53.4 Å². The second kappa shape index (κ2) is 11.9. The fourth-order valence-electron chi connectivity index (χ4n) is 3.86. The van der Waals surface area contributed by atoms with Gasteiger partial charge in [0.05, 0.1) is 0 Å². The van der Waals surface area contributed by atoms with Crippen LogP contribution in [0.2, 0.25) is 0 Å². The summed E-state index contributed by atoms with van der Waals surface area (Å²) in [5, 5.41) is 6.25. The molecule has 2 N–H and O–H groups in total. The van der Waals surface area contributed by atoms with Crippen LogP contribution in [0.25, 0.3) is 0 Å². The fraction of sp³-hybridized carbons (Fsp3) is 0.889. The molecule has 0 saturated carbocycles. The molecule has 0 aromatic rings. The zero-order chi connectivity index (χ0) is 17.4. The maximum atomic E-state index is 11.5. The van der Waals surface area contributed by atoms with Gasteiger partial charge in [-0.15, -0.1) is 24.0 Å². The Bertz CT molecular complexity index is 424. The van der Waals surface area contributed by atoms with Crippen molar-refractivity contribution in [3.05, 3.63) is 0 Å². The van der Waals surface area contributed by atoms with Gasteiger partial charge in [-0.1, -0.05) is 6.92 Å². The number of rotatable bonds is 5. The van der Waals surface area contributed by atoms with Crippen molar-refractivity contribution in [3.63, 3.8) is 0 Å². The Morgan fingerprint density at radius 2 is 1.92 bits per heavy atom. The summed E-state index contributed by atoms with van der Waals surface area (Å²) in [5.41, 5.74) is 0. The Hall–Kier alpha value is -0.570. The van der Waals surface area contributed by atoms with Crippen molar-refractivity contribution >= 4 is 35.8 Å². The number of carbonyl (C=O) groups excluding carboxylic acids is 1. The summed E-state index contributed by atoms with van der Waals surface area (Å²) in [6, 6.07) is 0. The van der Waals surface area contributed by atoms with Crippen LogP contribution in [0, 0.1) is 11.8 Å². The lowest BCUT2D eigenvalue weighted by atomic mass is 9.93. The van der Waals surface area contributed by atoms with Crippen LogP contribution in [0.4, 0.5) is 0 Å². The molecule has 2 rings (SSSR count). The number of nitrogens with one attached hydrogen (secondary N) is 2. The number of nitrogens with zero attached hydrogens (tertiary/aromatic N) is 3. The van der Waals surface area contributed by atoms with Gasteiger partial charge in [0.25, 0.3) is 0 Å². The summed E-state index contributed by atoms with van der Waals surface area (Å²) in [6.07, 6.45) is 5.49. The van der Waals surface area contributed by atoms with Gasteiger partial charge < -0.3 is 20.4 Å². The molecule has 1 atom stereocenters. The largest absolute Gasteiger partial charge is 0.359 e. The van der Waals surface area contributed by atoms with Crippen molar-refractivity contribution in [2.45, 2.75) is 39.0 Å². The summed E-state index contributed by atoms with van der Waals surface area (Å²) in [6.45, 7) is 8.83. The van der Waals surface area contributed by atoms with E-state index in [9.17, 15) is 4.79 Å². The van der Waals surface area contributed by atoms with Gasteiger partial charge in [0.15, 0.2) is 5.96 Å². The van der Waals surface area contributed by atoms with Crippen molar-refractivity contribution in [1.82, 2.24) is 20.4 Å². The van der Waals surface area contributed by atoms with Crippen LogP contribution in [0.3, 0.4) is 0 Å². The number of likely N-dealkylation sites (tertiary alicyclic amines) is 2. The van der Waals surface area contributed by atoms with E-state index in [2.05, 4.69) is 32.3 Å². The number of carbonyl (C=O) groups is 1. The number of piperidine rings is 2. The fourth-order valence-corrected chi connectivity index (χ4v) is 3.86. The van der Waals surface area contributed by atoms with Gasteiger partial charge in [0, 0.05) is 53.2 Å². The van der Waals surface area contributed by atoms with E-state index in [1.54, 1.807) is 7.05 Å². The van der Waals surface area contributed by atoms with Gasteiger partial charge in [-0.2, -0.15) is 0 Å². The molecule has 2 saturated heterocycles. The lowest BCUT2D eigenvalue weighted by molar-refractivity contribution is -0.121. The highest BCUT2D eigenvalue weighted by atomic mass is 127. The van der Waals surface area contributed by atoms with Gasteiger partial charge >= 0.3 is 0 Å². The van der Waals surface area contributed by atoms with E-state index in [4.69, 9.17) is 0 Å². The van der Waals surface area contributed by atoms with Crippen LogP contribution in [0.15, 0.2) is 4.99 Å². The summed E-state index contributed by atoms with van der Waals surface area (Å²) in [7, 11) is 3.58. The number of guanidine groups is 1. The molecule has 25 heavy (non-hydrogen) atoms. The average Bonchev–Trinajstić information content (AvgIpc) is 2.59. The summed E-state index contributed by atoms with van der Waals surface area (Å²) >= 11 is 0. The predicted molar refractivity (Wildman–Crippen MR) is 115 cm³/mol. The Balaban J connectivity index is 0.00000312. The van der Waals surface area contributed by atoms with E-state index in [1.165, 1.54) is 25.9 Å². The normalized spacial score (nSPS) is 23.1. The minimum Gasteiger partial charge on any atom is -0.359 e. The van der Waals surface area contributed by atoms with Gasteiger partial charge in [0.2, 0.25) is 5.91 Å². The first kappa shape index (κ1) is 22.5. The number of hydrogen-bond acceptors (Lipinski definition) is 3. The lowest BCUT2D eigenvalue weighted by Crippen LogP contribution is -2.48. The number of hydrogen-bond donors (Lipinski definition) is 2. The molecule has 0 aromatic carbocycles. The van der Waals surface area contributed by atoms with Gasteiger partial charge in [-0.3, -0.25) is 9.79 Å². The van der Waals surface area contributed by atoms with Crippen LogP contribution < -0.4 is 10.6 Å². The lowest BCUT2D eigenvalue weighted by Gasteiger charge is -2.35. The second-order valence-corrected chi connectivity index (χ2v) is 7.33. The standard InChI is InChI=1S/C18H35N5O.HI/c1-15-5-4-9-22(14-15)12-8-21-18(20-3)23-10-6-16(7-11-23)13-17(24)19-2;/h15-16H,4-14H2,1-3H3,(H,19,24)(H,20,21);1H. The highest BCUT2D eigenvalue weighted by Crippen LogP contribution is 2.20. The van der Waals surface area contributed by atoms with Gasteiger partial charge in [-0.05, 0) is 44.1 Å². The van der Waals surface area contributed by atoms with Crippen molar-refractivity contribution in [1.29, 1.82) is 0 Å². The third-order valence-electron chi connectivity index (χ3n) is 5.33. The molecule has 0 radical (unpaired) electrons. The first-order valence-electron chi connectivity index (χ1n) is 9.51. The van der Waals surface area contributed by atoms with Crippen LogP contribution >= 0.6 is 24.0 Å². The minimum absolute atomic E-state index is 0. The van der Waals surface area contributed by atoms with E-state index < -0.39 is 0 Å². The Labute approximate surface area is 170 Å². The Morgan fingerprint density at radius 3 is 2.52 bits per heavy atom. The average molecular weight is 465 g/mol. The maximum absolute atomic E-state index is 11.5.